The smallest absolute Gasteiger partial charge is 0.254 e. The van der Waals surface area contributed by atoms with Crippen LogP contribution in [0, 0.1) is 6.92 Å². The van der Waals surface area contributed by atoms with Crippen LogP contribution in [-0.4, -0.2) is 35.1 Å². The number of nitrogen functional groups attached to an aromatic ring is 1. The maximum absolute atomic E-state index is 12.3. The second-order valence-electron chi connectivity index (χ2n) is 4.61. The highest BCUT2D eigenvalue weighted by Crippen LogP contribution is 2.21. The molecular weight excluding hydrogens is 216 g/mol. The van der Waals surface area contributed by atoms with Crippen LogP contribution >= 0.6 is 0 Å². The van der Waals surface area contributed by atoms with E-state index in [4.69, 9.17) is 5.73 Å². The standard InChI is InChI=1S/C13H18N2O2/c1-9-5-10(7-11(14)6-9)13(17)15-4-2-3-12(15)8-16/h5-7,12,16H,2-4,8,14H2,1H3. The summed E-state index contributed by atoms with van der Waals surface area (Å²) in [5.74, 6) is -0.0306. The lowest BCUT2D eigenvalue weighted by Gasteiger charge is -2.23. The molecule has 0 spiro atoms. The Kier molecular flexibility index (Phi) is 3.33. The summed E-state index contributed by atoms with van der Waals surface area (Å²) in [6.07, 6.45) is 1.84. The van der Waals surface area contributed by atoms with E-state index >= 15 is 0 Å². The van der Waals surface area contributed by atoms with Crippen molar-refractivity contribution in [3.63, 3.8) is 0 Å². The van der Waals surface area contributed by atoms with Crippen molar-refractivity contribution >= 4 is 11.6 Å². The SMILES string of the molecule is Cc1cc(N)cc(C(=O)N2CCCC2CO)c1. The van der Waals surface area contributed by atoms with Gasteiger partial charge in [-0.15, -0.1) is 0 Å². The van der Waals surface area contributed by atoms with Crippen LogP contribution in [0.2, 0.25) is 0 Å². The van der Waals surface area contributed by atoms with Gasteiger partial charge in [0.05, 0.1) is 12.6 Å². The number of amides is 1. The highest BCUT2D eigenvalue weighted by Gasteiger charge is 2.28. The molecule has 3 N–H and O–H groups in total. The molecule has 1 fully saturated rings. The summed E-state index contributed by atoms with van der Waals surface area (Å²) < 4.78 is 0. The zero-order valence-electron chi connectivity index (χ0n) is 10.0. The average molecular weight is 234 g/mol. The zero-order valence-corrected chi connectivity index (χ0v) is 10.0. The number of rotatable bonds is 2. The maximum atomic E-state index is 12.3. The Morgan fingerprint density at radius 1 is 1.53 bits per heavy atom. The van der Waals surface area contributed by atoms with Crippen LogP contribution in [0.4, 0.5) is 5.69 Å². The van der Waals surface area contributed by atoms with Crippen LogP contribution in [-0.2, 0) is 0 Å². The predicted molar refractivity (Wildman–Crippen MR) is 66.7 cm³/mol. The minimum absolute atomic E-state index is 0.0306. The van der Waals surface area contributed by atoms with E-state index in [0.717, 1.165) is 24.9 Å². The first-order chi connectivity index (χ1) is 8.11. The molecule has 4 nitrogen and oxygen atoms in total. The summed E-state index contributed by atoms with van der Waals surface area (Å²) in [5, 5.41) is 9.22. The molecule has 1 atom stereocenters. The van der Waals surface area contributed by atoms with E-state index in [-0.39, 0.29) is 18.6 Å². The monoisotopic (exact) mass is 234 g/mol. The van der Waals surface area contributed by atoms with Crippen LogP contribution in [0.25, 0.3) is 0 Å². The van der Waals surface area contributed by atoms with Gasteiger partial charge in [0, 0.05) is 17.8 Å². The molecule has 0 aromatic heterocycles. The van der Waals surface area contributed by atoms with Gasteiger partial charge in [-0.1, -0.05) is 0 Å². The number of nitrogens with zero attached hydrogens (tertiary/aromatic N) is 1. The molecule has 0 bridgehead atoms. The fourth-order valence-corrected chi connectivity index (χ4v) is 2.39. The summed E-state index contributed by atoms with van der Waals surface area (Å²) in [5.41, 5.74) is 7.94. The van der Waals surface area contributed by atoms with Crippen molar-refractivity contribution < 1.29 is 9.90 Å². The van der Waals surface area contributed by atoms with Gasteiger partial charge in [-0.2, -0.15) is 0 Å². The topological polar surface area (TPSA) is 66.6 Å². The van der Waals surface area contributed by atoms with Crippen LogP contribution in [0.15, 0.2) is 18.2 Å². The lowest BCUT2D eigenvalue weighted by molar-refractivity contribution is 0.0677. The van der Waals surface area contributed by atoms with E-state index in [2.05, 4.69) is 0 Å². The van der Waals surface area contributed by atoms with Gasteiger partial charge in [-0.25, -0.2) is 0 Å². The largest absolute Gasteiger partial charge is 0.399 e. The zero-order chi connectivity index (χ0) is 12.4. The number of aliphatic hydroxyl groups excluding tert-OH is 1. The third kappa shape index (κ3) is 2.42. The van der Waals surface area contributed by atoms with E-state index in [0.29, 0.717) is 11.3 Å². The lowest BCUT2D eigenvalue weighted by Crippen LogP contribution is -2.37. The van der Waals surface area contributed by atoms with Gasteiger partial charge in [0.25, 0.3) is 5.91 Å². The number of benzene rings is 1. The fraction of sp³-hybridized carbons (Fsp3) is 0.462. The van der Waals surface area contributed by atoms with E-state index < -0.39 is 0 Å². The molecule has 92 valence electrons. The Hall–Kier alpha value is -1.55. The van der Waals surface area contributed by atoms with E-state index in [1.807, 2.05) is 19.1 Å². The number of anilines is 1. The Morgan fingerprint density at radius 2 is 2.29 bits per heavy atom. The quantitative estimate of drug-likeness (QED) is 0.755. The first kappa shape index (κ1) is 11.9. The third-order valence-electron chi connectivity index (χ3n) is 3.20. The van der Waals surface area contributed by atoms with Crippen LogP contribution < -0.4 is 5.73 Å². The molecule has 1 aromatic rings. The van der Waals surface area contributed by atoms with E-state index in [9.17, 15) is 9.90 Å². The maximum Gasteiger partial charge on any atom is 0.254 e. The molecule has 0 saturated carbocycles. The number of carbonyl (C=O) groups is 1. The molecule has 0 aliphatic carbocycles. The fourth-order valence-electron chi connectivity index (χ4n) is 2.39. The summed E-state index contributed by atoms with van der Waals surface area (Å²) >= 11 is 0. The summed E-state index contributed by atoms with van der Waals surface area (Å²) in [7, 11) is 0. The second-order valence-corrected chi connectivity index (χ2v) is 4.61. The van der Waals surface area contributed by atoms with Crippen LogP contribution in [0.5, 0.6) is 0 Å². The van der Waals surface area contributed by atoms with Crippen molar-refractivity contribution in [3.05, 3.63) is 29.3 Å². The van der Waals surface area contributed by atoms with Gasteiger partial charge in [0.2, 0.25) is 0 Å². The molecule has 1 aliphatic heterocycles. The van der Waals surface area contributed by atoms with Gasteiger partial charge in [0.15, 0.2) is 0 Å². The van der Waals surface area contributed by atoms with E-state index in [1.165, 1.54) is 0 Å². The second kappa shape index (κ2) is 4.75. The van der Waals surface area contributed by atoms with Crippen molar-refractivity contribution in [2.75, 3.05) is 18.9 Å². The third-order valence-corrected chi connectivity index (χ3v) is 3.20. The van der Waals surface area contributed by atoms with Crippen molar-refractivity contribution in [1.29, 1.82) is 0 Å². The number of aliphatic hydroxyl groups is 1. The Balaban J connectivity index is 2.24. The molecule has 4 heteroatoms. The first-order valence-corrected chi connectivity index (χ1v) is 5.91. The average Bonchev–Trinajstić information content (AvgIpc) is 2.74. The molecule has 1 saturated heterocycles. The molecular formula is C13H18N2O2. The Labute approximate surface area is 101 Å². The van der Waals surface area contributed by atoms with Crippen molar-refractivity contribution in [2.45, 2.75) is 25.8 Å². The number of carbonyl (C=O) groups excluding carboxylic acids is 1. The van der Waals surface area contributed by atoms with Crippen molar-refractivity contribution in [3.8, 4) is 0 Å². The highest BCUT2D eigenvalue weighted by atomic mass is 16.3. The predicted octanol–water partition coefficient (Wildman–Crippen LogP) is 1.17. The van der Waals surface area contributed by atoms with Gasteiger partial charge in [-0.3, -0.25) is 4.79 Å². The van der Waals surface area contributed by atoms with Gasteiger partial charge >= 0.3 is 0 Å². The molecule has 1 amide bonds. The summed E-state index contributed by atoms with van der Waals surface area (Å²) in [6.45, 7) is 2.67. The van der Waals surface area contributed by atoms with Gasteiger partial charge in [-0.05, 0) is 43.5 Å². The normalized spacial score (nSPS) is 19.6. The number of hydrogen-bond donors (Lipinski definition) is 2. The van der Waals surface area contributed by atoms with Crippen LogP contribution in [0.1, 0.15) is 28.8 Å². The molecule has 1 aliphatic rings. The minimum Gasteiger partial charge on any atom is -0.399 e. The molecule has 1 aromatic carbocycles. The van der Waals surface area contributed by atoms with Crippen LogP contribution in [0.3, 0.4) is 0 Å². The Morgan fingerprint density at radius 3 is 2.94 bits per heavy atom. The highest BCUT2D eigenvalue weighted by molar-refractivity contribution is 5.95. The number of aryl methyl sites for hydroxylation is 1. The molecule has 1 heterocycles. The summed E-state index contributed by atoms with van der Waals surface area (Å²) in [4.78, 5) is 14.0. The van der Waals surface area contributed by atoms with Crippen molar-refractivity contribution in [1.82, 2.24) is 4.90 Å². The van der Waals surface area contributed by atoms with Gasteiger partial charge < -0.3 is 15.7 Å². The number of likely N-dealkylation sites (tertiary alicyclic amines) is 1. The minimum atomic E-state index is -0.0377. The first-order valence-electron chi connectivity index (χ1n) is 5.91. The van der Waals surface area contributed by atoms with E-state index in [1.54, 1.807) is 11.0 Å². The number of hydrogen-bond acceptors (Lipinski definition) is 3. The Bertz CT molecular complexity index is 411. The molecule has 0 radical (unpaired) electrons. The lowest BCUT2D eigenvalue weighted by atomic mass is 10.1. The summed E-state index contributed by atoms with van der Waals surface area (Å²) in [6, 6.07) is 5.34. The molecule has 2 rings (SSSR count). The number of nitrogens with two attached hydrogens (primary N) is 1. The van der Waals surface area contributed by atoms with Gasteiger partial charge in [0.1, 0.15) is 0 Å². The molecule has 1 unspecified atom stereocenters. The molecule has 17 heavy (non-hydrogen) atoms. The van der Waals surface area contributed by atoms with Crippen molar-refractivity contribution in [2.24, 2.45) is 0 Å².